The monoisotopic (exact) mass is 388 g/mol. The molecular weight excluding hydrogens is 364 g/mol. The van der Waals surface area contributed by atoms with Crippen molar-refractivity contribution in [1.29, 1.82) is 0 Å². The Morgan fingerprint density at radius 2 is 1.86 bits per heavy atom. The molecule has 1 aliphatic rings. The van der Waals surface area contributed by atoms with E-state index in [4.69, 9.17) is 28.4 Å². The number of hydrogen-bond donors (Lipinski definition) is 0. The number of esters is 1. The maximum Gasteiger partial charge on any atom is 0.337 e. The zero-order chi connectivity index (χ0) is 19.8. The third-order valence-electron chi connectivity index (χ3n) is 4.16. The smallest absolute Gasteiger partial charge is 0.337 e. The molecule has 0 N–H and O–H groups in total. The van der Waals surface area contributed by atoms with Crippen molar-refractivity contribution in [3.63, 3.8) is 0 Å². The molecule has 0 aliphatic carbocycles. The maximum absolute atomic E-state index is 11.6. The Balaban J connectivity index is 1.51. The normalized spacial score (nSPS) is 12.1. The molecule has 0 spiro atoms. The van der Waals surface area contributed by atoms with E-state index in [0.717, 1.165) is 17.7 Å². The highest BCUT2D eigenvalue weighted by Crippen LogP contribution is 2.37. The van der Waals surface area contributed by atoms with Crippen molar-refractivity contribution in [3.8, 4) is 23.0 Å². The van der Waals surface area contributed by atoms with Gasteiger partial charge in [-0.1, -0.05) is 6.07 Å². The van der Waals surface area contributed by atoms with Crippen molar-refractivity contribution in [2.75, 3.05) is 40.8 Å². The van der Waals surface area contributed by atoms with Crippen LogP contribution in [0.4, 0.5) is 0 Å². The van der Waals surface area contributed by atoms with Gasteiger partial charge in [0.05, 0.1) is 32.5 Å². The topological polar surface area (TPSA) is 72.5 Å². The molecule has 7 heteroatoms. The molecule has 2 aromatic carbocycles. The highest BCUT2D eigenvalue weighted by molar-refractivity contribution is 5.89. The Morgan fingerprint density at radius 1 is 1.04 bits per heavy atom. The van der Waals surface area contributed by atoms with Crippen LogP contribution in [0.15, 0.2) is 36.4 Å². The molecule has 0 unspecified atom stereocenters. The predicted octanol–water partition coefficient (Wildman–Crippen LogP) is 3.24. The zero-order valence-electron chi connectivity index (χ0n) is 16.1. The molecule has 0 amide bonds. The van der Waals surface area contributed by atoms with E-state index in [9.17, 15) is 4.79 Å². The molecule has 7 nitrogen and oxygen atoms in total. The number of hydrogen-bond acceptors (Lipinski definition) is 7. The number of carbonyl (C=O) groups excluding carboxylic acids is 1. The summed E-state index contributed by atoms with van der Waals surface area (Å²) in [4.78, 5) is 11.6. The molecular formula is C21H24O7. The van der Waals surface area contributed by atoms with Gasteiger partial charge in [0, 0.05) is 31.6 Å². The number of ether oxygens (including phenoxy) is 6. The molecule has 0 bridgehead atoms. The van der Waals surface area contributed by atoms with Crippen molar-refractivity contribution < 1.29 is 33.2 Å². The minimum Gasteiger partial charge on any atom is -0.493 e. The van der Waals surface area contributed by atoms with Crippen LogP contribution in [0.2, 0.25) is 0 Å². The van der Waals surface area contributed by atoms with Crippen molar-refractivity contribution in [3.05, 3.63) is 47.5 Å². The Hall–Kier alpha value is -2.93. The van der Waals surface area contributed by atoms with Gasteiger partial charge in [-0.15, -0.1) is 0 Å². The van der Waals surface area contributed by atoms with Crippen LogP contribution in [0.1, 0.15) is 22.3 Å². The third-order valence-corrected chi connectivity index (χ3v) is 4.16. The molecule has 1 heterocycles. The summed E-state index contributed by atoms with van der Waals surface area (Å²) in [7, 11) is 2.92. The Bertz CT molecular complexity index is 803. The summed E-state index contributed by atoms with van der Waals surface area (Å²) >= 11 is 0. The molecule has 0 atom stereocenters. The molecule has 150 valence electrons. The second kappa shape index (κ2) is 9.85. The Labute approximate surface area is 164 Å². The first-order valence-corrected chi connectivity index (χ1v) is 9.06. The molecule has 0 aromatic heterocycles. The third kappa shape index (κ3) is 5.07. The number of rotatable bonds is 10. The average Bonchev–Trinajstić information content (AvgIpc) is 3.18. The second-order valence-electron chi connectivity index (χ2n) is 6.13. The molecule has 2 aromatic rings. The molecule has 1 aliphatic heterocycles. The van der Waals surface area contributed by atoms with Crippen LogP contribution in [0.3, 0.4) is 0 Å². The van der Waals surface area contributed by atoms with Gasteiger partial charge in [-0.3, -0.25) is 0 Å². The largest absolute Gasteiger partial charge is 0.493 e. The minimum absolute atomic E-state index is 0.148. The fourth-order valence-corrected chi connectivity index (χ4v) is 2.79. The van der Waals surface area contributed by atoms with Crippen LogP contribution in [0, 0.1) is 0 Å². The molecule has 0 radical (unpaired) electrons. The quantitative estimate of drug-likeness (QED) is 0.351. The fourth-order valence-electron chi connectivity index (χ4n) is 2.79. The SMILES string of the molecule is COCOc1cc2c(cc1OCCCOc1cccc(C(=O)OC)c1)OCC2. The van der Waals surface area contributed by atoms with Crippen LogP contribution in [0.5, 0.6) is 23.0 Å². The van der Waals surface area contributed by atoms with E-state index in [2.05, 4.69) is 0 Å². The summed E-state index contributed by atoms with van der Waals surface area (Å²) in [5.41, 5.74) is 1.56. The summed E-state index contributed by atoms with van der Waals surface area (Å²) in [6.07, 6.45) is 1.52. The molecule has 3 rings (SSSR count). The van der Waals surface area contributed by atoms with Gasteiger partial charge in [0.15, 0.2) is 18.3 Å². The number of benzene rings is 2. The lowest BCUT2D eigenvalue weighted by Crippen LogP contribution is -2.07. The highest BCUT2D eigenvalue weighted by atomic mass is 16.7. The van der Waals surface area contributed by atoms with E-state index < -0.39 is 5.97 Å². The molecule has 0 saturated carbocycles. The van der Waals surface area contributed by atoms with Gasteiger partial charge in [-0.05, 0) is 24.3 Å². The summed E-state index contributed by atoms with van der Waals surface area (Å²) in [6, 6.07) is 10.7. The first-order valence-electron chi connectivity index (χ1n) is 9.06. The first-order chi connectivity index (χ1) is 13.7. The van der Waals surface area contributed by atoms with Gasteiger partial charge in [0.2, 0.25) is 0 Å². The number of methoxy groups -OCH3 is 2. The summed E-state index contributed by atoms with van der Waals surface area (Å²) < 4.78 is 32.4. The number of carbonyl (C=O) groups is 1. The van der Waals surface area contributed by atoms with Crippen molar-refractivity contribution in [2.45, 2.75) is 12.8 Å². The van der Waals surface area contributed by atoms with Gasteiger partial charge < -0.3 is 28.4 Å². The van der Waals surface area contributed by atoms with Gasteiger partial charge in [-0.25, -0.2) is 4.79 Å². The van der Waals surface area contributed by atoms with E-state index in [0.29, 0.717) is 49.1 Å². The van der Waals surface area contributed by atoms with Gasteiger partial charge in [-0.2, -0.15) is 0 Å². The Morgan fingerprint density at radius 3 is 2.68 bits per heavy atom. The van der Waals surface area contributed by atoms with E-state index in [1.54, 1.807) is 31.4 Å². The first kappa shape index (κ1) is 19.8. The summed E-state index contributed by atoms with van der Waals surface area (Å²) in [5, 5.41) is 0. The lowest BCUT2D eigenvalue weighted by atomic mass is 10.1. The van der Waals surface area contributed by atoms with Crippen LogP contribution < -0.4 is 18.9 Å². The van der Waals surface area contributed by atoms with Gasteiger partial charge >= 0.3 is 5.97 Å². The predicted molar refractivity (Wildman–Crippen MR) is 102 cm³/mol. The fraction of sp³-hybridized carbons (Fsp3) is 0.381. The number of fused-ring (bicyclic) bond motifs is 1. The van der Waals surface area contributed by atoms with E-state index in [-0.39, 0.29) is 6.79 Å². The molecule has 0 fully saturated rings. The lowest BCUT2D eigenvalue weighted by Gasteiger charge is -2.14. The van der Waals surface area contributed by atoms with Crippen molar-refractivity contribution in [2.24, 2.45) is 0 Å². The van der Waals surface area contributed by atoms with Crippen LogP contribution in [-0.2, 0) is 15.9 Å². The zero-order valence-corrected chi connectivity index (χ0v) is 16.1. The van der Waals surface area contributed by atoms with Crippen LogP contribution in [0.25, 0.3) is 0 Å². The molecule has 0 saturated heterocycles. The Kier molecular flexibility index (Phi) is 6.97. The minimum atomic E-state index is -0.392. The van der Waals surface area contributed by atoms with Crippen molar-refractivity contribution >= 4 is 5.97 Å². The lowest BCUT2D eigenvalue weighted by molar-refractivity contribution is 0.0484. The van der Waals surface area contributed by atoms with Gasteiger partial charge in [0.25, 0.3) is 0 Å². The van der Waals surface area contributed by atoms with E-state index in [1.807, 2.05) is 12.1 Å². The summed E-state index contributed by atoms with van der Waals surface area (Å²) in [5.74, 6) is 2.30. The van der Waals surface area contributed by atoms with E-state index >= 15 is 0 Å². The second-order valence-corrected chi connectivity index (χ2v) is 6.13. The average molecular weight is 388 g/mol. The van der Waals surface area contributed by atoms with E-state index in [1.165, 1.54) is 7.11 Å². The summed E-state index contributed by atoms with van der Waals surface area (Å²) in [6.45, 7) is 1.70. The van der Waals surface area contributed by atoms with Crippen molar-refractivity contribution in [1.82, 2.24) is 0 Å². The highest BCUT2D eigenvalue weighted by Gasteiger charge is 2.18. The maximum atomic E-state index is 11.6. The standard InChI is InChI=1S/C21H24O7/c1-23-14-28-19-12-15-7-10-27-18(15)13-20(19)26-9-4-8-25-17-6-3-5-16(11-17)21(22)24-2/h3,5-6,11-13H,4,7-10,14H2,1-2H3. The van der Waals surface area contributed by atoms with Crippen LogP contribution in [-0.4, -0.2) is 46.8 Å². The van der Waals surface area contributed by atoms with Gasteiger partial charge in [0.1, 0.15) is 11.5 Å². The van der Waals surface area contributed by atoms with Crippen LogP contribution >= 0.6 is 0 Å². The molecule has 28 heavy (non-hydrogen) atoms.